The molecule has 1 aliphatic rings. The molecule has 0 fully saturated rings. The summed E-state index contributed by atoms with van der Waals surface area (Å²) in [4.78, 5) is 17.6. The van der Waals surface area contributed by atoms with Crippen LogP contribution in [0.15, 0.2) is 103 Å². The minimum Gasteiger partial charge on any atom is -0.380 e. The molecule has 0 radical (unpaired) electrons. The van der Waals surface area contributed by atoms with Crippen LogP contribution in [0, 0.1) is 6.92 Å². The first-order chi connectivity index (χ1) is 16.7. The Labute approximate surface area is 200 Å². The van der Waals surface area contributed by atoms with Gasteiger partial charge in [-0.15, -0.1) is 0 Å². The van der Waals surface area contributed by atoms with Crippen LogP contribution in [0.2, 0.25) is 0 Å². The number of hydrogen-bond donors (Lipinski definition) is 2. The minimum atomic E-state index is -0.0358. The SMILES string of the molecule is Cc1ccc(C2=C(C(=O)Nc3ccc(CNc4cccnc4)cc3)CCc3ccccc32)cc1. The molecule has 0 aliphatic heterocycles. The van der Waals surface area contributed by atoms with E-state index in [1.807, 2.05) is 42.5 Å². The number of hydrogen-bond acceptors (Lipinski definition) is 3. The number of carbonyl (C=O) groups excluding carboxylic acids is 1. The fourth-order valence-electron chi connectivity index (χ4n) is 4.39. The van der Waals surface area contributed by atoms with E-state index in [1.165, 1.54) is 11.1 Å². The summed E-state index contributed by atoms with van der Waals surface area (Å²) in [5.41, 5.74) is 9.52. The predicted molar refractivity (Wildman–Crippen MR) is 139 cm³/mol. The number of aromatic nitrogens is 1. The molecule has 0 saturated carbocycles. The summed E-state index contributed by atoms with van der Waals surface area (Å²) in [6.07, 6.45) is 5.15. The van der Waals surface area contributed by atoms with Gasteiger partial charge in [0.05, 0.1) is 5.69 Å². The van der Waals surface area contributed by atoms with Gasteiger partial charge < -0.3 is 10.6 Å². The van der Waals surface area contributed by atoms with Crippen LogP contribution in [0.1, 0.15) is 34.2 Å². The molecule has 0 atom stereocenters. The summed E-state index contributed by atoms with van der Waals surface area (Å²) >= 11 is 0. The molecule has 1 amide bonds. The summed E-state index contributed by atoms with van der Waals surface area (Å²) in [5.74, 6) is -0.0358. The summed E-state index contributed by atoms with van der Waals surface area (Å²) in [6, 6.07) is 28.7. The Morgan fingerprint density at radius 2 is 1.65 bits per heavy atom. The maximum absolute atomic E-state index is 13.4. The van der Waals surface area contributed by atoms with Gasteiger partial charge >= 0.3 is 0 Å². The third-order valence-corrected chi connectivity index (χ3v) is 6.22. The number of aryl methyl sites for hydroxylation is 2. The first-order valence-corrected chi connectivity index (χ1v) is 11.6. The first kappa shape index (κ1) is 21.7. The Hall–Kier alpha value is -4.18. The van der Waals surface area contributed by atoms with Crippen LogP contribution in [0.5, 0.6) is 0 Å². The van der Waals surface area contributed by atoms with E-state index in [9.17, 15) is 4.79 Å². The number of nitrogens with one attached hydrogen (secondary N) is 2. The standard InChI is InChI=1S/C30H27N3O/c1-21-8-12-24(13-9-21)29-27-7-3-2-5-23(27)14-17-28(29)30(34)33-25-15-10-22(11-16-25)19-32-26-6-4-18-31-20-26/h2-13,15-16,18,20,32H,14,17,19H2,1H3,(H,33,34). The molecular formula is C30H27N3O. The van der Waals surface area contributed by atoms with E-state index in [0.717, 1.165) is 52.1 Å². The van der Waals surface area contributed by atoms with Gasteiger partial charge in [-0.1, -0.05) is 66.2 Å². The van der Waals surface area contributed by atoms with Gasteiger partial charge in [-0.05, 0) is 71.9 Å². The molecule has 0 bridgehead atoms. The second kappa shape index (κ2) is 9.75. The van der Waals surface area contributed by atoms with Crippen LogP contribution in [0.25, 0.3) is 5.57 Å². The molecule has 4 aromatic rings. The molecule has 1 aromatic heterocycles. The van der Waals surface area contributed by atoms with Crippen molar-refractivity contribution >= 4 is 22.9 Å². The van der Waals surface area contributed by atoms with Crippen molar-refractivity contribution in [3.05, 3.63) is 131 Å². The summed E-state index contributed by atoms with van der Waals surface area (Å²) in [6.45, 7) is 2.77. The van der Waals surface area contributed by atoms with Crippen molar-refractivity contribution < 1.29 is 4.79 Å². The molecule has 34 heavy (non-hydrogen) atoms. The fraction of sp³-hybridized carbons (Fsp3) is 0.133. The largest absolute Gasteiger partial charge is 0.380 e. The number of anilines is 2. The Morgan fingerprint density at radius 1 is 0.853 bits per heavy atom. The zero-order valence-corrected chi connectivity index (χ0v) is 19.2. The maximum atomic E-state index is 13.4. The summed E-state index contributed by atoms with van der Waals surface area (Å²) in [5, 5.41) is 6.48. The van der Waals surface area contributed by atoms with Gasteiger partial charge in [0.15, 0.2) is 0 Å². The number of rotatable bonds is 6. The topological polar surface area (TPSA) is 54.0 Å². The molecule has 4 nitrogen and oxygen atoms in total. The van der Waals surface area contributed by atoms with Gasteiger partial charge in [0, 0.05) is 30.2 Å². The molecule has 168 valence electrons. The third kappa shape index (κ3) is 4.76. The third-order valence-electron chi connectivity index (χ3n) is 6.22. The van der Waals surface area contributed by atoms with E-state index in [4.69, 9.17) is 0 Å². The monoisotopic (exact) mass is 445 g/mol. The van der Waals surface area contributed by atoms with Crippen LogP contribution in [0.4, 0.5) is 11.4 Å². The van der Waals surface area contributed by atoms with E-state index in [1.54, 1.807) is 12.4 Å². The Balaban J connectivity index is 1.37. The smallest absolute Gasteiger partial charge is 0.252 e. The van der Waals surface area contributed by atoms with Crippen LogP contribution in [-0.2, 0) is 17.8 Å². The van der Waals surface area contributed by atoms with E-state index >= 15 is 0 Å². The summed E-state index contributed by atoms with van der Waals surface area (Å²) < 4.78 is 0. The zero-order chi connectivity index (χ0) is 23.3. The molecule has 1 aliphatic carbocycles. The van der Waals surface area contributed by atoms with Crippen LogP contribution in [-0.4, -0.2) is 10.9 Å². The average Bonchev–Trinajstić information content (AvgIpc) is 2.89. The molecule has 0 unspecified atom stereocenters. The lowest BCUT2D eigenvalue weighted by molar-refractivity contribution is -0.112. The number of pyridine rings is 1. The van der Waals surface area contributed by atoms with Crippen molar-refractivity contribution in [2.75, 3.05) is 10.6 Å². The van der Waals surface area contributed by atoms with Gasteiger partial charge in [0.25, 0.3) is 5.91 Å². The molecule has 0 saturated heterocycles. The Bertz CT molecular complexity index is 1320. The van der Waals surface area contributed by atoms with Crippen LogP contribution < -0.4 is 10.6 Å². The normalized spacial score (nSPS) is 12.7. The maximum Gasteiger partial charge on any atom is 0.252 e. The van der Waals surface area contributed by atoms with Crippen molar-refractivity contribution in [1.82, 2.24) is 4.98 Å². The lowest BCUT2D eigenvalue weighted by atomic mass is 9.81. The Kier molecular flexibility index (Phi) is 6.21. The lowest BCUT2D eigenvalue weighted by Crippen LogP contribution is -2.20. The number of fused-ring (bicyclic) bond motifs is 1. The van der Waals surface area contributed by atoms with Gasteiger partial charge in [0.1, 0.15) is 0 Å². The van der Waals surface area contributed by atoms with Gasteiger partial charge in [-0.3, -0.25) is 9.78 Å². The zero-order valence-electron chi connectivity index (χ0n) is 19.2. The van der Waals surface area contributed by atoms with E-state index in [0.29, 0.717) is 6.54 Å². The van der Waals surface area contributed by atoms with Crippen molar-refractivity contribution in [1.29, 1.82) is 0 Å². The highest BCUT2D eigenvalue weighted by Gasteiger charge is 2.24. The van der Waals surface area contributed by atoms with E-state index < -0.39 is 0 Å². The molecule has 5 rings (SSSR count). The number of carbonyl (C=O) groups is 1. The van der Waals surface area contributed by atoms with Gasteiger partial charge in [-0.25, -0.2) is 0 Å². The molecule has 0 spiro atoms. The van der Waals surface area contributed by atoms with E-state index in [-0.39, 0.29) is 5.91 Å². The summed E-state index contributed by atoms with van der Waals surface area (Å²) in [7, 11) is 0. The van der Waals surface area contributed by atoms with E-state index in [2.05, 4.69) is 65.0 Å². The minimum absolute atomic E-state index is 0.0358. The van der Waals surface area contributed by atoms with Crippen molar-refractivity contribution in [3.8, 4) is 0 Å². The van der Waals surface area contributed by atoms with Crippen molar-refractivity contribution in [3.63, 3.8) is 0 Å². The van der Waals surface area contributed by atoms with Crippen LogP contribution >= 0.6 is 0 Å². The molecular weight excluding hydrogens is 418 g/mol. The second-order valence-corrected chi connectivity index (χ2v) is 8.62. The quantitative estimate of drug-likeness (QED) is 0.362. The van der Waals surface area contributed by atoms with Crippen LogP contribution in [0.3, 0.4) is 0 Å². The fourth-order valence-corrected chi connectivity index (χ4v) is 4.39. The predicted octanol–water partition coefficient (Wildman–Crippen LogP) is 6.39. The lowest BCUT2D eigenvalue weighted by Gasteiger charge is -2.23. The molecule has 4 heteroatoms. The van der Waals surface area contributed by atoms with Crippen molar-refractivity contribution in [2.45, 2.75) is 26.3 Å². The second-order valence-electron chi connectivity index (χ2n) is 8.62. The molecule has 3 aromatic carbocycles. The molecule has 1 heterocycles. The number of amides is 1. The van der Waals surface area contributed by atoms with Gasteiger partial charge in [0.2, 0.25) is 0 Å². The molecule has 2 N–H and O–H groups in total. The highest BCUT2D eigenvalue weighted by atomic mass is 16.1. The number of benzene rings is 3. The van der Waals surface area contributed by atoms with Crippen molar-refractivity contribution in [2.24, 2.45) is 0 Å². The highest BCUT2D eigenvalue weighted by Crippen LogP contribution is 2.36. The average molecular weight is 446 g/mol. The Morgan fingerprint density at radius 3 is 2.41 bits per heavy atom. The van der Waals surface area contributed by atoms with Gasteiger partial charge in [-0.2, -0.15) is 0 Å². The first-order valence-electron chi connectivity index (χ1n) is 11.6. The highest BCUT2D eigenvalue weighted by molar-refractivity contribution is 6.11. The number of nitrogens with zero attached hydrogens (tertiary/aromatic N) is 1.